The summed E-state index contributed by atoms with van der Waals surface area (Å²) in [6.07, 6.45) is 2.28. The number of likely N-dealkylation sites (tertiary alicyclic amines) is 1. The lowest BCUT2D eigenvalue weighted by Crippen LogP contribution is -2.45. The molecule has 2 aliphatic rings. The third kappa shape index (κ3) is 4.62. The number of carbonyl (C=O) groups excluding carboxylic acids is 1. The molecule has 2 aliphatic heterocycles. The monoisotopic (exact) mass is 381 g/mol. The van der Waals surface area contributed by atoms with Gasteiger partial charge in [0.25, 0.3) is 0 Å². The second-order valence-electron chi connectivity index (χ2n) is 6.91. The number of amides is 1. The van der Waals surface area contributed by atoms with E-state index in [9.17, 15) is 13.2 Å². The Bertz CT molecular complexity index is 704. The maximum Gasteiger partial charge on any atom is 0.240 e. The zero-order valence-corrected chi connectivity index (χ0v) is 16.0. The molecule has 0 unspecified atom stereocenters. The molecule has 0 aliphatic carbocycles. The van der Waals surface area contributed by atoms with E-state index in [0.29, 0.717) is 39.3 Å². The lowest BCUT2D eigenvalue weighted by atomic mass is 10.1. The van der Waals surface area contributed by atoms with Crippen molar-refractivity contribution in [2.45, 2.75) is 36.2 Å². The molecule has 7 nitrogen and oxygen atoms in total. The molecular formula is C18H27N3O4S. The Labute approximate surface area is 155 Å². The zero-order chi connectivity index (χ0) is 18.6. The Kier molecular flexibility index (Phi) is 6.29. The summed E-state index contributed by atoms with van der Waals surface area (Å²) >= 11 is 0. The first-order valence-corrected chi connectivity index (χ1v) is 10.6. The van der Waals surface area contributed by atoms with E-state index in [2.05, 4.69) is 9.62 Å². The van der Waals surface area contributed by atoms with Gasteiger partial charge in [-0.05, 0) is 32.0 Å². The van der Waals surface area contributed by atoms with Gasteiger partial charge in [0.2, 0.25) is 15.9 Å². The summed E-state index contributed by atoms with van der Waals surface area (Å²) in [6, 6.07) is 8.66. The van der Waals surface area contributed by atoms with E-state index < -0.39 is 10.0 Å². The van der Waals surface area contributed by atoms with Gasteiger partial charge in [-0.2, -0.15) is 0 Å². The Balaban J connectivity index is 1.51. The number of likely N-dealkylation sites (N-methyl/N-ethyl adjacent to an activating group) is 1. The van der Waals surface area contributed by atoms with Gasteiger partial charge >= 0.3 is 0 Å². The van der Waals surface area contributed by atoms with Crippen LogP contribution in [-0.4, -0.2) is 76.1 Å². The number of hydrogen-bond donors (Lipinski definition) is 1. The highest BCUT2D eigenvalue weighted by Gasteiger charge is 2.33. The molecule has 26 heavy (non-hydrogen) atoms. The van der Waals surface area contributed by atoms with Gasteiger partial charge in [0.1, 0.15) is 0 Å². The van der Waals surface area contributed by atoms with E-state index in [4.69, 9.17) is 4.74 Å². The number of sulfonamides is 1. The molecule has 1 N–H and O–H groups in total. The van der Waals surface area contributed by atoms with Crippen LogP contribution in [0.2, 0.25) is 0 Å². The van der Waals surface area contributed by atoms with Crippen LogP contribution in [0.15, 0.2) is 35.2 Å². The number of rotatable bonds is 6. The van der Waals surface area contributed by atoms with Gasteiger partial charge in [-0.15, -0.1) is 0 Å². The summed E-state index contributed by atoms with van der Waals surface area (Å²) in [4.78, 5) is 16.7. The third-order valence-electron chi connectivity index (χ3n) is 5.32. The minimum absolute atomic E-state index is 0.107. The Hall–Kier alpha value is -1.48. The van der Waals surface area contributed by atoms with Crippen LogP contribution in [0.5, 0.6) is 0 Å². The summed E-state index contributed by atoms with van der Waals surface area (Å²) in [5.41, 5.74) is 0. The van der Waals surface area contributed by atoms with Gasteiger partial charge in [-0.25, -0.2) is 13.1 Å². The van der Waals surface area contributed by atoms with Crippen LogP contribution in [0, 0.1) is 0 Å². The predicted octanol–water partition coefficient (Wildman–Crippen LogP) is 0.677. The zero-order valence-electron chi connectivity index (χ0n) is 15.1. The van der Waals surface area contributed by atoms with Crippen LogP contribution in [0.25, 0.3) is 0 Å². The highest BCUT2D eigenvalue weighted by atomic mass is 32.2. The van der Waals surface area contributed by atoms with Crippen LogP contribution in [0.3, 0.4) is 0 Å². The molecule has 2 fully saturated rings. The summed E-state index contributed by atoms with van der Waals surface area (Å²) < 4.78 is 32.7. The Morgan fingerprint density at radius 1 is 1.15 bits per heavy atom. The molecule has 0 spiro atoms. The maximum absolute atomic E-state index is 12.4. The fourth-order valence-electron chi connectivity index (χ4n) is 3.61. The van der Waals surface area contributed by atoms with E-state index >= 15 is 0 Å². The van der Waals surface area contributed by atoms with E-state index in [-0.39, 0.29) is 22.9 Å². The molecule has 1 aromatic rings. The third-order valence-corrected chi connectivity index (χ3v) is 6.76. The number of benzene rings is 1. The van der Waals surface area contributed by atoms with Gasteiger partial charge in [-0.3, -0.25) is 9.69 Å². The molecule has 1 amide bonds. The van der Waals surface area contributed by atoms with E-state index in [1.54, 1.807) is 30.3 Å². The van der Waals surface area contributed by atoms with E-state index in [1.807, 2.05) is 11.9 Å². The van der Waals surface area contributed by atoms with Crippen molar-refractivity contribution in [3.8, 4) is 0 Å². The standard InChI is InChI=1S/C18H27N3O4S/c1-20-15(13-18(22)21-9-11-25-12-10-21)7-8-16(20)14-19-26(23,24)17-5-3-2-4-6-17/h2-6,15-16,19H,7-14H2,1H3/t15-,16+/m1/s1. The van der Waals surface area contributed by atoms with Crippen LogP contribution >= 0.6 is 0 Å². The molecule has 2 saturated heterocycles. The normalized spacial score (nSPS) is 24.7. The average Bonchev–Trinajstić information content (AvgIpc) is 3.01. The first-order chi connectivity index (χ1) is 12.5. The van der Waals surface area contributed by atoms with Crippen molar-refractivity contribution >= 4 is 15.9 Å². The average molecular weight is 381 g/mol. The van der Waals surface area contributed by atoms with Crippen molar-refractivity contribution in [3.63, 3.8) is 0 Å². The number of carbonyl (C=O) groups is 1. The minimum Gasteiger partial charge on any atom is -0.378 e. The van der Waals surface area contributed by atoms with Crippen molar-refractivity contribution in [1.29, 1.82) is 0 Å². The van der Waals surface area contributed by atoms with Gasteiger partial charge in [0.05, 0.1) is 18.1 Å². The first-order valence-electron chi connectivity index (χ1n) is 9.09. The second-order valence-corrected chi connectivity index (χ2v) is 8.68. The molecule has 0 radical (unpaired) electrons. The predicted molar refractivity (Wildman–Crippen MR) is 98.2 cm³/mol. The fraction of sp³-hybridized carbons (Fsp3) is 0.611. The molecule has 144 valence electrons. The van der Waals surface area contributed by atoms with Gasteiger partial charge in [-0.1, -0.05) is 18.2 Å². The van der Waals surface area contributed by atoms with Crippen molar-refractivity contribution in [2.75, 3.05) is 39.9 Å². The van der Waals surface area contributed by atoms with Crippen LogP contribution in [0.4, 0.5) is 0 Å². The molecule has 1 aromatic carbocycles. The fourth-order valence-corrected chi connectivity index (χ4v) is 4.71. The first kappa shape index (κ1) is 19.3. The quantitative estimate of drug-likeness (QED) is 0.784. The molecule has 2 atom stereocenters. The number of nitrogens with one attached hydrogen (secondary N) is 1. The van der Waals surface area contributed by atoms with Crippen LogP contribution < -0.4 is 4.72 Å². The highest BCUT2D eigenvalue weighted by molar-refractivity contribution is 7.89. The molecule has 0 saturated carbocycles. The molecule has 3 rings (SSSR count). The number of nitrogens with zero attached hydrogens (tertiary/aromatic N) is 2. The number of ether oxygens (including phenoxy) is 1. The summed E-state index contributed by atoms with van der Waals surface area (Å²) in [7, 11) is -1.52. The minimum atomic E-state index is -3.49. The van der Waals surface area contributed by atoms with Crippen molar-refractivity contribution in [1.82, 2.24) is 14.5 Å². The van der Waals surface area contributed by atoms with Crippen LogP contribution in [0.1, 0.15) is 19.3 Å². The summed E-state index contributed by atoms with van der Waals surface area (Å²) in [5, 5.41) is 0. The lowest BCUT2D eigenvalue weighted by Gasteiger charge is -2.30. The number of morpholine rings is 1. The molecule has 8 heteroatoms. The van der Waals surface area contributed by atoms with Gasteiger partial charge < -0.3 is 9.64 Å². The van der Waals surface area contributed by atoms with Crippen LogP contribution in [-0.2, 0) is 19.6 Å². The Morgan fingerprint density at radius 3 is 2.50 bits per heavy atom. The lowest BCUT2D eigenvalue weighted by molar-refractivity contribution is -0.136. The van der Waals surface area contributed by atoms with E-state index in [0.717, 1.165) is 12.8 Å². The van der Waals surface area contributed by atoms with Crippen molar-refractivity contribution < 1.29 is 17.9 Å². The number of hydrogen-bond acceptors (Lipinski definition) is 5. The summed E-state index contributed by atoms with van der Waals surface area (Å²) in [6.45, 7) is 2.90. The van der Waals surface area contributed by atoms with Gasteiger partial charge in [0.15, 0.2) is 0 Å². The molecule has 2 heterocycles. The summed E-state index contributed by atoms with van der Waals surface area (Å²) in [5.74, 6) is 0.163. The van der Waals surface area contributed by atoms with Gasteiger partial charge in [0, 0.05) is 38.1 Å². The molecule has 0 aromatic heterocycles. The Morgan fingerprint density at radius 2 is 1.81 bits per heavy atom. The topological polar surface area (TPSA) is 79.0 Å². The SMILES string of the molecule is CN1[C@@H](CC(=O)N2CCOCC2)CC[C@H]1CNS(=O)(=O)c1ccccc1. The smallest absolute Gasteiger partial charge is 0.240 e. The molecule has 0 bridgehead atoms. The largest absolute Gasteiger partial charge is 0.378 e. The van der Waals surface area contributed by atoms with Crippen molar-refractivity contribution in [3.05, 3.63) is 30.3 Å². The van der Waals surface area contributed by atoms with E-state index in [1.165, 1.54) is 0 Å². The highest BCUT2D eigenvalue weighted by Crippen LogP contribution is 2.25. The molecular weight excluding hydrogens is 354 g/mol. The second kappa shape index (κ2) is 8.47. The maximum atomic E-state index is 12.4. The van der Waals surface area contributed by atoms with Crippen molar-refractivity contribution in [2.24, 2.45) is 0 Å².